The zero-order chi connectivity index (χ0) is 15.7. The van der Waals surface area contributed by atoms with Crippen molar-refractivity contribution in [2.45, 2.75) is 26.3 Å². The summed E-state index contributed by atoms with van der Waals surface area (Å²) in [6.45, 7) is 5.20. The fourth-order valence-electron chi connectivity index (χ4n) is 1.95. The first-order chi connectivity index (χ1) is 10.1. The van der Waals surface area contributed by atoms with E-state index in [1.54, 1.807) is 0 Å². The lowest BCUT2D eigenvalue weighted by Crippen LogP contribution is -2.46. The van der Waals surface area contributed by atoms with E-state index in [0.29, 0.717) is 13.0 Å². The Morgan fingerprint density at radius 3 is 2.48 bits per heavy atom. The van der Waals surface area contributed by atoms with E-state index >= 15 is 0 Å². The van der Waals surface area contributed by atoms with E-state index in [4.69, 9.17) is 4.74 Å². The molecular weight excluding hydrogens is 268 g/mol. The monoisotopic (exact) mass is 292 g/mol. The summed E-state index contributed by atoms with van der Waals surface area (Å²) in [4.78, 5) is 23.9. The summed E-state index contributed by atoms with van der Waals surface area (Å²) >= 11 is 0. The van der Waals surface area contributed by atoms with Gasteiger partial charge in [-0.3, -0.25) is 4.79 Å². The topological polar surface area (TPSA) is 67.4 Å². The summed E-state index contributed by atoms with van der Waals surface area (Å²) in [5.74, 6) is -0.780. The molecule has 5 heteroatoms. The first-order valence-corrected chi connectivity index (χ1v) is 7.21. The molecule has 0 aromatic heterocycles. The highest BCUT2D eigenvalue weighted by molar-refractivity contribution is 5.85. The van der Waals surface area contributed by atoms with Gasteiger partial charge < -0.3 is 15.4 Å². The highest BCUT2D eigenvalue weighted by Crippen LogP contribution is 2.05. The van der Waals surface area contributed by atoms with Gasteiger partial charge in [0.15, 0.2) is 0 Å². The molecule has 0 aliphatic rings. The first-order valence-electron chi connectivity index (χ1n) is 7.21. The van der Waals surface area contributed by atoms with Crippen LogP contribution in [-0.2, 0) is 20.7 Å². The molecule has 0 spiro atoms. The molecular formula is C16H24N2O3. The van der Waals surface area contributed by atoms with Crippen LogP contribution in [0.4, 0.5) is 0 Å². The maximum atomic E-state index is 12.1. The van der Waals surface area contributed by atoms with Crippen LogP contribution in [0, 0.1) is 5.92 Å². The number of esters is 1. The number of rotatable bonds is 8. The second kappa shape index (κ2) is 9.13. The maximum Gasteiger partial charge on any atom is 0.328 e. The van der Waals surface area contributed by atoms with E-state index < -0.39 is 12.0 Å². The molecule has 1 rings (SSSR count). The zero-order valence-electron chi connectivity index (χ0n) is 12.9. The Balaban J connectivity index is 2.66. The molecule has 1 amide bonds. The molecule has 0 saturated carbocycles. The van der Waals surface area contributed by atoms with E-state index in [2.05, 4.69) is 10.6 Å². The van der Waals surface area contributed by atoms with Crippen molar-refractivity contribution in [3.8, 4) is 0 Å². The molecule has 2 atom stereocenters. The minimum atomic E-state index is -0.658. The van der Waals surface area contributed by atoms with E-state index in [-0.39, 0.29) is 11.8 Å². The third-order valence-corrected chi connectivity index (χ3v) is 3.23. The summed E-state index contributed by atoms with van der Waals surface area (Å²) in [7, 11) is 1.33. The van der Waals surface area contributed by atoms with Crippen LogP contribution in [0.15, 0.2) is 30.3 Å². The van der Waals surface area contributed by atoms with Gasteiger partial charge in [-0.25, -0.2) is 4.79 Å². The first kappa shape index (κ1) is 17.2. The minimum Gasteiger partial charge on any atom is -0.467 e. The Morgan fingerprint density at radius 1 is 1.24 bits per heavy atom. The molecule has 1 aromatic carbocycles. The van der Waals surface area contributed by atoms with Gasteiger partial charge >= 0.3 is 5.97 Å². The summed E-state index contributed by atoms with van der Waals surface area (Å²) in [6.07, 6.45) is 0.424. The zero-order valence-corrected chi connectivity index (χ0v) is 12.9. The molecule has 116 valence electrons. The van der Waals surface area contributed by atoms with Crippen molar-refractivity contribution in [1.29, 1.82) is 0 Å². The number of carbonyl (C=O) groups excluding carboxylic acids is 2. The van der Waals surface area contributed by atoms with Gasteiger partial charge in [0.05, 0.1) is 7.11 Å². The number of hydrogen-bond acceptors (Lipinski definition) is 4. The van der Waals surface area contributed by atoms with E-state index in [9.17, 15) is 9.59 Å². The third kappa shape index (κ3) is 5.95. The lowest BCUT2D eigenvalue weighted by molar-refractivity contribution is -0.145. The summed E-state index contributed by atoms with van der Waals surface area (Å²) in [5, 5.41) is 5.89. The molecule has 0 bridgehead atoms. The number of carbonyl (C=O) groups is 2. The molecule has 0 aliphatic carbocycles. The van der Waals surface area contributed by atoms with Gasteiger partial charge in [0.25, 0.3) is 0 Å². The number of ether oxygens (including phenoxy) is 1. The molecule has 2 N–H and O–H groups in total. The number of benzene rings is 1. The lowest BCUT2D eigenvalue weighted by Gasteiger charge is -2.19. The SMILES string of the molecule is CCNCC(C)C(=O)NC(Cc1ccccc1)C(=O)OC. The Bertz CT molecular complexity index is 448. The van der Waals surface area contributed by atoms with Crippen molar-refractivity contribution < 1.29 is 14.3 Å². The molecule has 21 heavy (non-hydrogen) atoms. The Kier molecular flexibility index (Phi) is 7.46. The summed E-state index contributed by atoms with van der Waals surface area (Å²) in [6, 6.07) is 8.90. The Hall–Kier alpha value is -1.88. The quantitative estimate of drug-likeness (QED) is 0.705. The molecule has 0 aliphatic heterocycles. The molecule has 0 saturated heterocycles. The van der Waals surface area contributed by atoms with Crippen LogP contribution in [0.2, 0.25) is 0 Å². The second-order valence-electron chi connectivity index (χ2n) is 4.98. The van der Waals surface area contributed by atoms with Crippen molar-refractivity contribution in [2.24, 2.45) is 5.92 Å². The molecule has 0 radical (unpaired) electrons. The fraction of sp³-hybridized carbons (Fsp3) is 0.500. The Morgan fingerprint density at radius 2 is 1.90 bits per heavy atom. The smallest absolute Gasteiger partial charge is 0.328 e. The molecule has 0 fully saturated rings. The van der Waals surface area contributed by atoms with E-state index in [1.807, 2.05) is 44.2 Å². The van der Waals surface area contributed by atoms with Crippen LogP contribution in [0.1, 0.15) is 19.4 Å². The number of hydrogen-bond donors (Lipinski definition) is 2. The standard InChI is InChI=1S/C16H24N2O3/c1-4-17-11-12(2)15(19)18-14(16(20)21-3)10-13-8-6-5-7-9-13/h5-9,12,14,17H,4,10-11H2,1-3H3,(H,18,19). The second-order valence-corrected chi connectivity index (χ2v) is 4.98. The fourth-order valence-corrected chi connectivity index (χ4v) is 1.95. The number of nitrogens with one attached hydrogen (secondary N) is 2. The van der Waals surface area contributed by atoms with E-state index in [1.165, 1.54) is 7.11 Å². The van der Waals surface area contributed by atoms with Gasteiger partial charge in [0, 0.05) is 18.9 Å². The largest absolute Gasteiger partial charge is 0.467 e. The van der Waals surface area contributed by atoms with Crippen molar-refractivity contribution in [3.05, 3.63) is 35.9 Å². The summed E-state index contributed by atoms with van der Waals surface area (Å²) in [5.41, 5.74) is 0.979. The third-order valence-electron chi connectivity index (χ3n) is 3.23. The predicted octanol–water partition coefficient (Wildman–Crippen LogP) is 1.13. The van der Waals surface area contributed by atoms with Crippen LogP contribution < -0.4 is 10.6 Å². The van der Waals surface area contributed by atoms with Crippen LogP contribution in [-0.4, -0.2) is 38.1 Å². The van der Waals surface area contributed by atoms with Crippen LogP contribution in [0.25, 0.3) is 0 Å². The van der Waals surface area contributed by atoms with E-state index in [0.717, 1.165) is 12.1 Å². The predicted molar refractivity (Wildman–Crippen MR) is 81.8 cm³/mol. The van der Waals surface area contributed by atoms with Gasteiger partial charge in [-0.15, -0.1) is 0 Å². The van der Waals surface area contributed by atoms with Crippen LogP contribution >= 0.6 is 0 Å². The van der Waals surface area contributed by atoms with Crippen LogP contribution in [0.3, 0.4) is 0 Å². The van der Waals surface area contributed by atoms with Crippen molar-refractivity contribution in [3.63, 3.8) is 0 Å². The van der Waals surface area contributed by atoms with Crippen molar-refractivity contribution in [1.82, 2.24) is 10.6 Å². The van der Waals surface area contributed by atoms with Gasteiger partial charge in [-0.1, -0.05) is 44.2 Å². The van der Waals surface area contributed by atoms with Crippen molar-refractivity contribution in [2.75, 3.05) is 20.2 Å². The Labute approximate surface area is 126 Å². The van der Waals surface area contributed by atoms with Gasteiger partial charge in [-0.05, 0) is 12.1 Å². The number of methoxy groups -OCH3 is 1. The molecule has 1 aromatic rings. The molecule has 5 nitrogen and oxygen atoms in total. The molecule has 0 heterocycles. The van der Waals surface area contributed by atoms with Gasteiger partial charge in [0.2, 0.25) is 5.91 Å². The average molecular weight is 292 g/mol. The maximum absolute atomic E-state index is 12.1. The normalized spacial score (nSPS) is 13.3. The molecule has 2 unspecified atom stereocenters. The number of amides is 1. The lowest BCUT2D eigenvalue weighted by atomic mass is 10.0. The highest BCUT2D eigenvalue weighted by Gasteiger charge is 2.24. The van der Waals surface area contributed by atoms with Gasteiger partial charge in [-0.2, -0.15) is 0 Å². The highest BCUT2D eigenvalue weighted by atomic mass is 16.5. The average Bonchev–Trinajstić information content (AvgIpc) is 2.51. The van der Waals surface area contributed by atoms with Gasteiger partial charge in [0.1, 0.15) is 6.04 Å². The summed E-state index contributed by atoms with van der Waals surface area (Å²) < 4.78 is 4.78. The van der Waals surface area contributed by atoms with Crippen molar-refractivity contribution >= 4 is 11.9 Å². The minimum absolute atomic E-state index is 0.151. The van der Waals surface area contributed by atoms with Crippen LogP contribution in [0.5, 0.6) is 0 Å².